The molecule has 0 amide bonds. The molecule has 0 heterocycles. The van der Waals surface area contributed by atoms with Crippen molar-refractivity contribution >= 4 is 21.9 Å². The predicted octanol–water partition coefficient (Wildman–Crippen LogP) is 3.82. The highest BCUT2D eigenvalue weighted by molar-refractivity contribution is 9.10. The lowest BCUT2D eigenvalue weighted by molar-refractivity contribution is -0.142. The van der Waals surface area contributed by atoms with E-state index in [1.54, 1.807) is 7.11 Å². The van der Waals surface area contributed by atoms with Gasteiger partial charge in [0.15, 0.2) is 0 Å². The highest BCUT2D eigenvalue weighted by atomic mass is 79.9. The first kappa shape index (κ1) is 13.4. The van der Waals surface area contributed by atoms with Gasteiger partial charge in [0.25, 0.3) is 0 Å². The van der Waals surface area contributed by atoms with E-state index >= 15 is 0 Å². The van der Waals surface area contributed by atoms with Crippen LogP contribution >= 0.6 is 15.9 Å². The van der Waals surface area contributed by atoms with Crippen LogP contribution in [0.25, 0.3) is 0 Å². The molecular weight excluding hydrogens is 296 g/mol. The zero-order chi connectivity index (χ0) is 13.1. The molecule has 0 atom stereocenters. The van der Waals surface area contributed by atoms with Crippen LogP contribution in [0.15, 0.2) is 22.7 Å². The molecule has 1 N–H and O–H groups in total. The van der Waals surface area contributed by atoms with Gasteiger partial charge in [-0.3, -0.25) is 4.79 Å². The third-order valence-electron chi connectivity index (χ3n) is 3.72. The molecule has 3 nitrogen and oxygen atoms in total. The SMILES string of the molecule is COc1ccc(C2CCC(C(=O)O)CC2)cc1Br. The fourth-order valence-corrected chi connectivity index (χ4v) is 3.17. The van der Waals surface area contributed by atoms with Gasteiger partial charge in [0.1, 0.15) is 5.75 Å². The summed E-state index contributed by atoms with van der Waals surface area (Å²) in [6.45, 7) is 0. The number of methoxy groups -OCH3 is 1. The Bertz CT molecular complexity index is 437. The van der Waals surface area contributed by atoms with Crippen LogP contribution in [0.5, 0.6) is 5.75 Å². The van der Waals surface area contributed by atoms with Crippen molar-refractivity contribution in [2.24, 2.45) is 5.92 Å². The standard InChI is InChI=1S/C14H17BrO3/c1-18-13-7-6-11(8-12(13)15)9-2-4-10(5-3-9)14(16)17/h6-10H,2-5H2,1H3,(H,16,17). The maximum atomic E-state index is 10.9. The quantitative estimate of drug-likeness (QED) is 0.923. The first-order valence-electron chi connectivity index (χ1n) is 6.18. The molecule has 0 aromatic heterocycles. The Balaban J connectivity index is 2.05. The zero-order valence-corrected chi connectivity index (χ0v) is 11.9. The van der Waals surface area contributed by atoms with E-state index in [1.165, 1.54) is 5.56 Å². The minimum atomic E-state index is -0.649. The van der Waals surface area contributed by atoms with Crippen LogP contribution < -0.4 is 4.74 Å². The summed E-state index contributed by atoms with van der Waals surface area (Å²) in [4.78, 5) is 10.9. The molecule has 1 aromatic rings. The summed E-state index contributed by atoms with van der Waals surface area (Å²) in [7, 11) is 1.65. The molecule has 0 radical (unpaired) electrons. The Kier molecular flexibility index (Phi) is 4.27. The molecule has 0 aliphatic heterocycles. The Morgan fingerprint density at radius 2 is 2.00 bits per heavy atom. The topological polar surface area (TPSA) is 46.5 Å². The van der Waals surface area contributed by atoms with Gasteiger partial charge in [-0.25, -0.2) is 0 Å². The van der Waals surface area contributed by atoms with E-state index in [9.17, 15) is 4.79 Å². The molecule has 0 bridgehead atoms. The number of hydrogen-bond acceptors (Lipinski definition) is 2. The maximum absolute atomic E-state index is 10.9. The zero-order valence-electron chi connectivity index (χ0n) is 10.4. The summed E-state index contributed by atoms with van der Waals surface area (Å²) in [6, 6.07) is 6.13. The molecule has 2 rings (SSSR count). The Labute approximate surface area is 115 Å². The number of rotatable bonds is 3. The maximum Gasteiger partial charge on any atom is 0.306 e. The number of carboxylic acid groups (broad SMARTS) is 1. The van der Waals surface area contributed by atoms with Crippen LogP contribution in [0.2, 0.25) is 0 Å². The largest absolute Gasteiger partial charge is 0.496 e. The molecule has 1 aliphatic carbocycles. The van der Waals surface area contributed by atoms with Crippen molar-refractivity contribution in [3.63, 3.8) is 0 Å². The molecule has 18 heavy (non-hydrogen) atoms. The van der Waals surface area contributed by atoms with Gasteiger partial charge >= 0.3 is 5.97 Å². The summed E-state index contributed by atoms with van der Waals surface area (Å²) >= 11 is 3.49. The highest BCUT2D eigenvalue weighted by Crippen LogP contribution is 2.38. The van der Waals surface area contributed by atoms with Crippen molar-refractivity contribution in [1.82, 2.24) is 0 Å². The Morgan fingerprint density at radius 3 is 2.50 bits per heavy atom. The van der Waals surface area contributed by atoms with Crippen LogP contribution in [0.4, 0.5) is 0 Å². The van der Waals surface area contributed by atoms with Gasteiger partial charge in [-0.05, 0) is 65.2 Å². The monoisotopic (exact) mass is 312 g/mol. The number of carboxylic acids is 1. The third-order valence-corrected chi connectivity index (χ3v) is 4.34. The van der Waals surface area contributed by atoms with E-state index in [2.05, 4.69) is 28.1 Å². The number of benzene rings is 1. The molecule has 98 valence electrons. The van der Waals surface area contributed by atoms with Crippen LogP contribution in [0, 0.1) is 5.92 Å². The Hall–Kier alpha value is -1.03. The average Bonchev–Trinajstić information content (AvgIpc) is 2.38. The number of ether oxygens (including phenoxy) is 1. The van der Waals surface area contributed by atoms with Crippen molar-refractivity contribution in [2.45, 2.75) is 31.6 Å². The van der Waals surface area contributed by atoms with E-state index in [1.807, 2.05) is 6.07 Å². The van der Waals surface area contributed by atoms with E-state index in [0.29, 0.717) is 5.92 Å². The van der Waals surface area contributed by atoms with Crippen LogP contribution in [0.3, 0.4) is 0 Å². The number of halogens is 1. The summed E-state index contributed by atoms with van der Waals surface area (Å²) < 4.78 is 6.17. The van der Waals surface area contributed by atoms with Gasteiger partial charge in [0, 0.05) is 0 Å². The molecule has 1 fully saturated rings. The van der Waals surface area contributed by atoms with Crippen LogP contribution in [0.1, 0.15) is 37.2 Å². The molecule has 1 aliphatic rings. The van der Waals surface area contributed by atoms with Crippen molar-refractivity contribution in [1.29, 1.82) is 0 Å². The summed E-state index contributed by atoms with van der Waals surface area (Å²) in [5, 5.41) is 8.98. The van der Waals surface area contributed by atoms with Crippen molar-refractivity contribution in [2.75, 3.05) is 7.11 Å². The molecule has 0 saturated heterocycles. The molecule has 0 unspecified atom stereocenters. The predicted molar refractivity (Wildman–Crippen MR) is 73.0 cm³/mol. The fraction of sp³-hybridized carbons (Fsp3) is 0.500. The second-order valence-corrected chi connectivity index (χ2v) is 5.64. The van der Waals surface area contributed by atoms with Gasteiger partial charge < -0.3 is 9.84 Å². The Morgan fingerprint density at radius 1 is 1.33 bits per heavy atom. The van der Waals surface area contributed by atoms with E-state index in [-0.39, 0.29) is 5.92 Å². The molecule has 4 heteroatoms. The van der Waals surface area contributed by atoms with E-state index in [4.69, 9.17) is 9.84 Å². The highest BCUT2D eigenvalue weighted by Gasteiger charge is 2.26. The minimum Gasteiger partial charge on any atom is -0.496 e. The van der Waals surface area contributed by atoms with Crippen molar-refractivity contribution < 1.29 is 14.6 Å². The lowest BCUT2D eigenvalue weighted by Crippen LogP contribution is -2.20. The lowest BCUT2D eigenvalue weighted by Gasteiger charge is -2.26. The minimum absolute atomic E-state index is 0.150. The summed E-state index contributed by atoms with van der Waals surface area (Å²) in [5.74, 6) is 0.507. The van der Waals surface area contributed by atoms with Crippen molar-refractivity contribution in [3.05, 3.63) is 28.2 Å². The fourth-order valence-electron chi connectivity index (χ4n) is 2.61. The molecular formula is C14H17BrO3. The third kappa shape index (κ3) is 2.86. The number of carbonyl (C=O) groups is 1. The normalized spacial score (nSPS) is 23.7. The van der Waals surface area contributed by atoms with Crippen molar-refractivity contribution in [3.8, 4) is 5.75 Å². The van der Waals surface area contributed by atoms with Gasteiger partial charge in [0.2, 0.25) is 0 Å². The van der Waals surface area contributed by atoms with E-state index in [0.717, 1.165) is 35.9 Å². The van der Waals surface area contributed by atoms with Crippen LogP contribution in [-0.2, 0) is 4.79 Å². The van der Waals surface area contributed by atoms with Gasteiger partial charge in [-0.15, -0.1) is 0 Å². The number of aliphatic carboxylic acids is 1. The molecule has 1 aromatic carbocycles. The second kappa shape index (κ2) is 5.74. The number of hydrogen-bond donors (Lipinski definition) is 1. The molecule has 0 spiro atoms. The second-order valence-electron chi connectivity index (χ2n) is 4.78. The summed E-state index contributed by atoms with van der Waals surface area (Å²) in [5.41, 5.74) is 1.27. The van der Waals surface area contributed by atoms with Gasteiger partial charge in [0.05, 0.1) is 17.5 Å². The van der Waals surface area contributed by atoms with Gasteiger partial charge in [-0.2, -0.15) is 0 Å². The first-order valence-corrected chi connectivity index (χ1v) is 6.97. The lowest BCUT2D eigenvalue weighted by atomic mass is 9.79. The first-order chi connectivity index (χ1) is 8.61. The smallest absolute Gasteiger partial charge is 0.306 e. The van der Waals surface area contributed by atoms with Gasteiger partial charge in [-0.1, -0.05) is 6.07 Å². The van der Waals surface area contributed by atoms with Crippen LogP contribution in [-0.4, -0.2) is 18.2 Å². The van der Waals surface area contributed by atoms with E-state index < -0.39 is 5.97 Å². The average molecular weight is 313 g/mol. The summed E-state index contributed by atoms with van der Waals surface area (Å²) in [6.07, 6.45) is 3.47. The molecule has 1 saturated carbocycles.